The lowest BCUT2D eigenvalue weighted by Gasteiger charge is -2.40. The third-order valence-electron chi connectivity index (χ3n) is 7.17. The first-order chi connectivity index (χ1) is 16.8. The van der Waals surface area contributed by atoms with Gasteiger partial charge in [0.05, 0.1) is 6.04 Å². The highest BCUT2D eigenvalue weighted by Gasteiger charge is 2.33. The Bertz CT molecular complexity index is 1090. The maximum atomic E-state index is 13.1. The van der Waals surface area contributed by atoms with Gasteiger partial charge in [-0.1, -0.05) is 36.4 Å². The van der Waals surface area contributed by atoms with E-state index in [-0.39, 0.29) is 30.6 Å². The van der Waals surface area contributed by atoms with Gasteiger partial charge in [-0.2, -0.15) is 0 Å². The molecule has 2 aliphatic heterocycles. The number of carboxylic acids is 1. The Balaban J connectivity index is 1.36. The van der Waals surface area contributed by atoms with Crippen LogP contribution in [0.25, 0.3) is 0 Å². The first-order valence-electron chi connectivity index (χ1n) is 12.3. The summed E-state index contributed by atoms with van der Waals surface area (Å²) in [6.07, 6.45) is 2.56. The number of benzene rings is 2. The first-order valence-corrected chi connectivity index (χ1v) is 12.3. The lowest BCUT2D eigenvalue weighted by Crippen LogP contribution is -2.52. The molecule has 1 saturated heterocycles. The summed E-state index contributed by atoms with van der Waals surface area (Å²) >= 11 is 0. The molecule has 0 aromatic heterocycles. The molecular formula is C27H34N4O4. The fourth-order valence-corrected chi connectivity index (χ4v) is 4.90. The Morgan fingerprint density at radius 2 is 1.86 bits per heavy atom. The van der Waals surface area contributed by atoms with Crippen molar-refractivity contribution in [2.45, 2.75) is 64.6 Å². The van der Waals surface area contributed by atoms with Gasteiger partial charge in [-0.15, -0.1) is 0 Å². The average Bonchev–Trinajstić information content (AvgIpc) is 2.84. The summed E-state index contributed by atoms with van der Waals surface area (Å²) in [4.78, 5) is 40.5. The number of amides is 4. The van der Waals surface area contributed by atoms with Crippen molar-refractivity contribution >= 4 is 23.7 Å². The quantitative estimate of drug-likeness (QED) is 0.531. The zero-order chi connectivity index (χ0) is 24.9. The molecular weight excluding hydrogens is 444 g/mol. The molecule has 0 radical (unpaired) electrons. The number of aryl methyl sites for hydroxylation is 2. The number of piperidine rings is 1. The molecule has 1 atom stereocenters. The molecule has 3 N–H and O–H groups in total. The smallest absolute Gasteiger partial charge is 0.322 e. The van der Waals surface area contributed by atoms with Gasteiger partial charge in [-0.3, -0.25) is 4.79 Å². The summed E-state index contributed by atoms with van der Waals surface area (Å²) in [6, 6.07) is 13.6. The topological polar surface area (TPSA) is 102 Å². The van der Waals surface area contributed by atoms with Crippen molar-refractivity contribution < 1.29 is 19.5 Å². The number of urea groups is 2. The van der Waals surface area contributed by atoms with Gasteiger partial charge in [0.25, 0.3) is 0 Å². The summed E-state index contributed by atoms with van der Waals surface area (Å²) < 4.78 is 0. The second kappa shape index (κ2) is 10.8. The van der Waals surface area contributed by atoms with Crippen LogP contribution in [0.1, 0.15) is 60.4 Å². The third kappa shape index (κ3) is 5.93. The van der Waals surface area contributed by atoms with E-state index in [1.807, 2.05) is 55.1 Å². The van der Waals surface area contributed by atoms with Gasteiger partial charge >= 0.3 is 18.0 Å². The van der Waals surface area contributed by atoms with E-state index >= 15 is 0 Å². The van der Waals surface area contributed by atoms with Gasteiger partial charge in [0.2, 0.25) is 0 Å². The number of carbonyl (C=O) groups excluding carboxylic acids is 2. The van der Waals surface area contributed by atoms with E-state index in [1.165, 1.54) is 5.56 Å². The Morgan fingerprint density at radius 3 is 2.57 bits per heavy atom. The van der Waals surface area contributed by atoms with Crippen LogP contribution in [0, 0.1) is 13.8 Å². The SMILES string of the molecule is Cc1ccc(C(CCCC(=O)O)NC(=O)N2CCC(N3Cc4ccccc4NC3=O)CC2)cc1C. The molecule has 0 bridgehead atoms. The minimum absolute atomic E-state index is 0.0731. The van der Waals surface area contributed by atoms with E-state index in [2.05, 4.69) is 16.7 Å². The highest BCUT2D eigenvalue weighted by Crippen LogP contribution is 2.28. The number of carboxylic acid groups (broad SMARTS) is 1. The van der Waals surface area contributed by atoms with Crippen molar-refractivity contribution in [1.29, 1.82) is 0 Å². The van der Waals surface area contributed by atoms with E-state index in [4.69, 9.17) is 5.11 Å². The van der Waals surface area contributed by atoms with Crippen molar-refractivity contribution in [3.63, 3.8) is 0 Å². The highest BCUT2D eigenvalue weighted by molar-refractivity contribution is 5.92. The second-order valence-electron chi connectivity index (χ2n) is 9.57. The van der Waals surface area contributed by atoms with Crippen LogP contribution in [0.4, 0.5) is 15.3 Å². The third-order valence-corrected chi connectivity index (χ3v) is 7.17. The maximum Gasteiger partial charge on any atom is 0.322 e. The number of anilines is 1. The Morgan fingerprint density at radius 1 is 1.11 bits per heavy atom. The first kappa shape index (κ1) is 24.6. The highest BCUT2D eigenvalue weighted by atomic mass is 16.4. The number of carbonyl (C=O) groups is 3. The van der Waals surface area contributed by atoms with E-state index in [0.717, 1.165) is 35.2 Å². The molecule has 2 aliphatic rings. The van der Waals surface area contributed by atoms with Crippen molar-refractivity contribution in [3.8, 4) is 0 Å². The zero-order valence-electron chi connectivity index (χ0n) is 20.4. The van der Waals surface area contributed by atoms with E-state index in [9.17, 15) is 14.4 Å². The van der Waals surface area contributed by atoms with Crippen molar-refractivity contribution in [2.75, 3.05) is 18.4 Å². The summed E-state index contributed by atoms with van der Waals surface area (Å²) in [5, 5.41) is 15.2. The van der Waals surface area contributed by atoms with E-state index < -0.39 is 5.97 Å². The summed E-state index contributed by atoms with van der Waals surface area (Å²) in [5.41, 5.74) is 5.28. The van der Waals surface area contributed by atoms with Gasteiger partial charge in [-0.05, 0) is 67.9 Å². The van der Waals surface area contributed by atoms with Gasteiger partial charge in [0.1, 0.15) is 0 Å². The molecule has 4 amide bonds. The predicted octanol–water partition coefficient (Wildman–Crippen LogP) is 4.82. The summed E-state index contributed by atoms with van der Waals surface area (Å²) in [5.74, 6) is -0.832. The van der Waals surface area contributed by atoms with Crippen molar-refractivity contribution in [2.24, 2.45) is 0 Å². The van der Waals surface area contributed by atoms with Crippen LogP contribution < -0.4 is 10.6 Å². The fourth-order valence-electron chi connectivity index (χ4n) is 4.90. The van der Waals surface area contributed by atoms with Crippen LogP contribution in [0.3, 0.4) is 0 Å². The lowest BCUT2D eigenvalue weighted by atomic mass is 9.97. The predicted molar refractivity (Wildman–Crippen MR) is 134 cm³/mol. The van der Waals surface area contributed by atoms with E-state index in [0.29, 0.717) is 32.5 Å². The molecule has 35 heavy (non-hydrogen) atoms. The average molecular weight is 479 g/mol. The number of hydrogen-bond donors (Lipinski definition) is 3. The van der Waals surface area contributed by atoms with Crippen molar-refractivity contribution in [3.05, 3.63) is 64.7 Å². The van der Waals surface area contributed by atoms with E-state index in [1.54, 1.807) is 4.90 Å². The van der Waals surface area contributed by atoms with Crippen LogP contribution in [-0.2, 0) is 11.3 Å². The number of para-hydroxylation sites is 1. The number of fused-ring (bicyclic) bond motifs is 1. The Labute approximate surface area is 206 Å². The van der Waals surface area contributed by atoms with Gasteiger partial charge in [0, 0.05) is 37.8 Å². The minimum atomic E-state index is -0.832. The molecule has 8 heteroatoms. The van der Waals surface area contributed by atoms with Crippen LogP contribution in [0.15, 0.2) is 42.5 Å². The normalized spacial score (nSPS) is 16.9. The molecule has 2 heterocycles. The number of nitrogens with zero attached hydrogens (tertiary/aromatic N) is 2. The lowest BCUT2D eigenvalue weighted by molar-refractivity contribution is -0.137. The number of aliphatic carboxylic acids is 1. The van der Waals surface area contributed by atoms with Gasteiger partial charge in [0.15, 0.2) is 0 Å². The zero-order valence-corrected chi connectivity index (χ0v) is 20.4. The Kier molecular flexibility index (Phi) is 7.58. The Hall–Kier alpha value is -3.55. The number of hydrogen-bond acceptors (Lipinski definition) is 3. The fraction of sp³-hybridized carbons (Fsp3) is 0.444. The molecule has 2 aromatic rings. The van der Waals surface area contributed by atoms with Crippen LogP contribution in [0.2, 0.25) is 0 Å². The number of likely N-dealkylation sites (tertiary alicyclic amines) is 1. The molecule has 0 spiro atoms. The summed E-state index contributed by atoms with van der Waals surface area (Å²) in [7, 11) is 0. The van der Waals surface area contributed by atoms with Crippen molar-refractivity contribution in [1.82, 2.24) is 15.1 Å². The second-order valence-corrected chi connectivity index (χ2v) is 9.57. The van der Waals surface area contributed by atoms with Gasteiger partial charge < -0.3 is 25.5 Å². The number of rotatable bonds is 7. The molecule has 186 valence electrons. The molecule has 2 aromatic carbocycles. The summed E-state index contributed by atoms with van der Waals surface area (Å²) in [6.45, 7) is 5.79. The maximum absolute atomic E-state index is 13.1. The van der Waals surface area contributed by atoms with Crippen LogP contribution in [0.5, 0.6) is 0 Å². The standard InChI is InChI=1S/C27H34N4O4/c1-18-10-11-20(16-19(18)2)23(8-5-9-25(32)33)28-26(34)30-14-12-22(13-15-30)31-17-21-6-3-4-7-24(21)29-27(31)35/h3-4,6-7,10-11,16,22-23H,5,8-9,12-15,17H2,1-2H3,(H,28,34)(H,29,35)(H,32,33). The largest absolute Gasteiger partial charge is 0.481 e. The van der Waals surface area contributed by atoms with Crippen LogP contribution >= 0.6 is 0 Å². The minimum Gasteiger partial charge on any atom is -0.481 e. The molecule has 0 aliphatic carbocycles. The monoisotopic (exact) mass is 478 g/mol. The molecule has 8 nitrogen and oxygen atoms in total. The molecule has 1 fully saturated rings. The molecule has 0 saturated carbocycles. The number of nitrogens with one attached hydrogen (secondary N) is 2. The van der Waals surface area contributed by atoms with Gasteiger partial charge in [-0.25, -0.2) is 9.59 Å². The molecule has 1 unspecified atom stereocenters. The molecule has 4 rings (SSSR count). The van der Waals surface area contributed by atoms with Crippen LogP contribution in [-0.4, -0.2) is 52.1 Å².